The minimum absolute atomic E-state index is 0.162. The van der Waals surface area contributed by atoms with Crippen molar-refractivity contribution in [1.82, 2.24) is 14.6 Å². The average Bonchev–Trinajstić information content (AvgIpc) is 3.46. The van der Waals surface area contributed by atoms with Crippen molar-refractivity contribution in [3.8, 4) is 11.5 Å². The first-order valence-electron chi connectivity index (χ1n) is 17.4. The molecule has 1 heterocycles. The van der Waals surface area contributed by atoms with E-state index >= 15 is 0 Å². The Morgan fingerprint density at radius 3 is 2.19 bits per heavy atom. The van der Waals surface area contributed by atoms with E-state index in [1.165, 1.54) is 11.7 Å². The number of nitro groups is 1. The van der Waals surface area contributed by atoms with Gasteiger partial charge in [0.05, 0.1) is 28.9 Å². The molecule has 5 aromatic carbocycles. The summed E-state index contributed by atoms with van der Waals surface area (Å²) in [5, 5.41) is 14.8. The molecular formula is C41H33BrCl2N4O9S. The number of carbonyl (C=O) groups excluding carboxylic acids is 3. The Morgan fingerprint density at radius 1 is 0.879 bits per heavy atom. The van der Waals surface area contributed by atoms with Gasteiger partial charge in [0.15, 0.2) is 0 Å². The molecule has 6 aromatic rings. The Balaban J connectivity index is 1.29. The van der Waals surface area contributed by atoms with Crippen LogP contribution in [0.4, 0.5) is 5.69 Å². The molecule has 2 N–H and O–H groups in total. The molecular weight excluding hydrogens is 875 g/mol. The van der Waals surface area contributed by atoms with Gasteiger partial charge in [0.1, 0.15) is 29.2 Å². The molecule has 0 aliphatic heterocycles. The topological polar surface area (TPSA) is 176 Å². The van der Waals surface area contributed by atoms with Crippen LogP contribution in [-0.2, 0) is 39.1 Å². The molecule has 298 valence electrons. The summed E-state index contributed by atoms with van der Waals surface area (Å²) in [7, 11) is -3.20. The number of nitrogens with one attached hydrogen (secondary N) is 2. The molecule has 13 nitrogen and oxygen atoms in total. The molecule has 1 aromatic heterocycles. The molecule has 0 radical (unpaired) electrons. The van der Waals surface area contributed by atoms with Gasteiger partial charge in [-0.2, -0.15) is 0 Å². The standard InChI is InChI=1S/C41H33BrCl2N4O9S/c1-24-33(34-20-31(56-2)15-18-37(34)47(24)41(51)27-7-11-29(43)12-8-27)22-39(49)45-36(40(50)46-58(54,55)32-16-17-35(44)38(21-32)48(52)53)19-25-5-13-30(14-6-25)57-23-26-3-9-28(42)10-4-26/h3-18,20-21,36H,19,22-23H2,1-2H3,(H,45,49)(H,46,50)/t36-/m0/s1. The lowest BCUT2D eigenvalue weighted by molar-refractivity contribution is -0.384. The lowest BCUT2D eigenvalue weighted by Gasteiger charge is -2.19. The number of nitrogens with zero attached hydrogens (tertiary/aromatic N) is 2. The number of rotatable bonds is 14. The number of sulfonamides is 1. The molecule has 6 rings (SSSR count). The first-order chi connectivity index (χ1) is 27.6. The van der Waals surface area contributed by atoms with Gasteiger partial charge in [-0.25, -0.2) is 13.1 Å². The van der Waals surface area contributed by atoms with E-state index in [0.29, 0.717) is 56.4 Å². The third-order valence-corrected chi connectivity index (χ3v) is 11.6. The third-order valence-electron chi connectivity index (χ3n) is 9.17. The number of fused-ring (bicyclic) bond motifs is 1. The predicted octanol–water partition coefficient (Wildman–Crippen LogP) is 7.98. The van der Waals surface area contributed by atoms with E-state index in [0.717, 1.165) is 28.2 Å². The van der Waals surface area contributed by atoms with Gasteiger partial charge in [-0.15, -0.1) is 0 Å². The highest BCUT2D eigenvalue weighted by atomic mass is 79.9. The minimum Gasteiger partial charge on any atom is -0.497 e. The van der Waals surface area contributed by atoms with Crippen molar-refractivity contribution < 1.29 is 37.2 Å². The zero-order valence-corrected chi connectivity index (χ0v) is 34.6. The molecule has 0 bridgehead atoms. The number of hydrogen-bond acceptors (Lipinski definition) is 9. The normalized spacial score (nSPS) is 11.8. The van der Waals surface area contributed by atoms with E-state index in [-0.39, 0.29) is 23.8 Å². The van der Waals surface area contributed by atoms with E-state index < -0.39 is 43.4 Å². The van der Waals surface area contributed by atoms with Crippen LogP contribution >= 0.6 is 39.1 Å². The van der Waals surface area contributed by atoms with Crippen LogP contribution in [-0.4, -0.2) is 48.8 Å². The van der Waals surface area contributed by atoms with Gasteiger partial charge < -0.3 is 14.8 Å². The molecule has 0 unspecified atom stereocenters. The highest BCUT2D eigenvalue weighted by Gasteiger charge is 2.29. The Kier molecular flexibility index (Phi) is 12.9. The Labute approximate surface area is 351 Å². The number of aromatic nitrogens is 1. The van der Waals surface area contributed by atoms with Crippen LogP contribution < -0.4 is 19.5 Å². The molecule has 2 amide bonds. The molecule has 58 heavy (non-hydrogen) atoms. The van der Waals surface area contributed by atoms with Crippen molar-refractivity contribution in [1.29, 1.82) is 0 Å². The predicted molar refractivity (Wildman–Crippen MR) is 222 cm³/mol. The second kappa shape index (κ2) is 17.8. The second-order valence-corrected chi connectivity index (χ2v) is 16.4. The van der Waals surface area contributed by atoms with Crippen LogP contribution in [0.3, 0.4) is 0 Å². The Morgan fingerprint density at radius 2 is 1.53 bits per heavy atom. The maximum Gasteiger partial charge on any atom is 0.289 e. The minimum atomic E-state index is -4.69. The van der Waals surface area contributed by atoms with Gasteiger partial charge in [0.2, 0.25) is 5.91 Å². The van der Waals surface area contributed by atoms with E-state index in [1.807, 2.05) is 29.0 Å². The summed E-state index contributed by atoms with van der Waals surface area (Å²) in [4.78, 5) is 51.6. The highest BCUT2D eigenvalue weighted by Crippen LogP contribution is 2.31. The number of ether oxygens (including phenoxy) is 2. The van der Waals surface area contributed by atoms with Gasteiger partial charge >= 0.3 is 0 Å². The van der Waals surface area contributed by atoms with Gasteiger partial charge in [0.25, 0.3) is 27.5 Å². The fourth-order valence-electron chi connectivity index (χ4n) is 6.18. The Hall–Kier alpha value is -5.74. The van der Waals surface area contributed by atoms with Gasteiger partial charge in [-0.3, -0.25) is 29.1 Å². The van der Waals surface area contributed by atoms with Gasteiger partial charge in [0, 0.05) is 38.6 Å². The van der Waals surface area contributed by atoms with Crippen LogP contribution in [0.25, 0.3) is 10.9 Å². The molecule has 1 atom stereocenters. The molecule has 0 spiro atoms. The summed E-state index contributed by atoms with van der Waals surface area (Å²) >= 11 is 15.3. The zero-order chi connectivity index (χ0) is 41.7. The number of nitro benzene ring substituents is 1. The number of halogens is 3. The van der Waals surface area contributed by atoms with Gasteiger partial charge in [-0.05, 0) is 102 Å². The summed E-state index contributed by atoms with van der Waals surface area (Å²) in [6.07, 6.45) is -0.483. The van der Waals surface area contributed by atoms with Crippen LogP contribution in [0, 0.1) is 17.0 Å². The maximum atomic E-state index is 13.9. The van der Waals surface area contributed by atoms with Crippen LogP contribution in [0.5, 0.6) is 11.5 Å². The van der Waals surface area contributed by atoms with Crippen molar-refractivity contribution in [3.05, 3.63) is 162 Å². The van der Waals surface area contributed by atoms with E-state index in [2.05, 4.69) is 21.2 Å². The van der Waals surface area contributed by atoms with Crippen LogP contribution in [0.2, 0.25) is 10.0 Å². The van der Waals surface area contributed by atoms with Crippen LogP contribution in [0.1, 0.15) is 32.7 Å². The second-order valence-electron chi connectivity index (χ2n) is 13.0. The fraction of sp³-hybridized carbons (Fsp3) is 0.146. The first-order valence-corrected chi connectivity index (χ1v) is 20.4. The summed E-state index contributed by atoms with van der Waals surface area (Å²) < 4.78 is 42.5. The fourth-order valence-corrected chi connectivity index (χ4v) is 7.79. The van der Waals surface area contributed by atoms with E-state index in [4.69, 9.17) is 32.7 Å². The number of hydrogen-bond donors (Lipinski definition) is 2. The third kappa shape index (κ3) is 9.68. The van der Waals surface area contributed by atoms with Crippen LogP contribution in [0.15, 0.2) is 119 Å². The zero-order valence-electron chi connectivity index (χ0n) is 30.7. The van der Waals surface area contributed by atoms with Crippen molar-refractivity contribution in [2.24, 2.45) is 0 Å². The molecule has 0 aliphatic rings. The monoisotopic (exact) mass is 906 g/mol. The lowest BCUT2D eigenvalue weighted by Crippen LogP contribution is -2.50. The van der Waals surface area contributed by atoms with Gasteiger partial charge in [-0.1, -0.05) is 63.4 Å². The number of amides is 2. The average molecular weight is 909 g/mol. The van der Waals surface area contributed by atoms with E-state index in [1.54, 1.807) is 73.7 Å². The highest BCUT2D eigenvalue weighted by molar-refractivity contribution is 9.10. The quantitative estimate of drug-likeness (QED) is 0.0811. The summed E-state index contributed by atoms with van der Waals surface area (Å²) in [6.45, 7) is 1.98. The molecule has 0 saturated heterocycles. The summed E-state index contributed by atoms with van der Waals surface area (Å²) in [5.74, 6) is -1.15. The summed E-state index contributed by atoms with van der Waals surface area (Å²) in [6, 6.07) is 27.1. The lowest BCUT2D eigenvalue weighted by atomic mass is 10.0. The molecule has 17 heteroatoms. The number of carbonyl (C=O) groups is 3. The van der Waals surface area contributed by atoms with Crippen molar-refractivity contribution in [3.63, 3.8) is 0 Å². The smallest absolute Gasteiger partial charge is 0.289 e. The first kappa shape index (κ1) is 41.9. The largest absolute Gasteiger partial charge is 0.497 e. The van der Waals surface area contributed by atoms with Crippen molar-refractivity contribution >= 4 is 83.5 Å². The van der Waals surface area contributed by atoms with E-state index in [9.17, 15) is 32.9 Å². The maximum absolute atomic E-state index is 13.9. The SMILES string of the molecule is COc1ccc2c(c1)c(CC(=O)N[C@@H](Cc1ccc(OCc3ccc(Br)cc3)cc1)C(=O)NS(=O)(=O)c1ccc(Cl)c([N+](=O)[O-])c1)c(C)n2C(=O)c1ccc(Cl)cc1. The molecule has 0 fully saturated rings. The number of methoxy groups -OCH3 is 1. The summed E-state index contributed by atoms with van der Waals surface area (Å²) in [5.41, 5.74) is 2.56. The van der Waals surface area contributed by atoms with Crippen molar-refractivity contribution in [2.45, 2.75) is 37.3 Å². The molecule has 0 saturated carbocycles. The number of benzene rings is 5. The Bertz CT molecular complexity index is 2650. The van der Waals surface area contributed by atoms with Crippen molar-refractivity contribution in [2.75, 3.05) is 7.11 Å². The molecule has 0 aliphatic carbocycles.